The molecule has 5 heteroatoms. The fourth-order valence-corrected chi connectivity index (χ4v) is 1.06. The molecule has 0 aliphatic carbocycles. The first-order valence-electron chi connectivity index (χ1n) is 3.94. The Hall–Kier alpha value is -1.49. The summed E-state index contributed by atoms with van der Waals surface area (Å²) in [6.45, 7) is 1.67. The molecule has 76 valence electrons. The maximum absolute atomic E-state index is 13.2. The van der Waals surface area contributed by atoms with Crippen LogP contribution in [0.1, 0.15) is 11.1 Å². The molecule has 0 aromatic heterocycles. The zero-order valence-corrected chi connectivity index (χ0v) is 7.55. The third kappa shape index (κ3) is 1.88. The van der Waals surface area contributed by atoms with Crippen molar-refractivity contribution in [2.24, 2.45) is 5.84 Å². The number of alkyl halides is 2. The number of hydrogen-bond donors (Lipinski definition) is 2. The largest absolute Gasteiger partial charge is 0.351 e. The molecule has 1 aromatic carbocycles. The molecule has 0 unspecified atom stereocenters. The van der Waals surface area contributed by atoms with Gasteiger partial charge in [-0.15, -0.1) is 0 Å². The molecular formula is C9H10F2N2O. The average Bonchev–Trinajstić information content (AvgIpc) is 2.16. The van der Waals surface area contributed by atoms with E-state index in [1.165, 1.54) is 23.6 Å². The first-order valence-corrected chi connectivity index (χ1v) is 3.94. The number of carbonyl (C=O) groups is 1. The molecule has 1 amide bonds. The molecule has 1 rings (SSSR count). The zero-order chi connectivity index (χ0) is 10.8. The second-order valence-corrected chi connectivity index (χ2v) is 2.92. The van der Waals surface area contributed by atoms with Crippen molar-refractivity contribution >= 4 is 5.91 Å². The number of hydrogen-bond acceptors (Lipinski definition) is 2. The summed E-state index contributed by atoms with van der Waals surface area (Å²) in [5.41, 5.74) is 1.73. The number of aryl methyl sites for hydroxylation is 1. The van der Waals surface area contributed by atoms with Gasteiger partial charge in [0.25, 0.3) is 0 Å². The number of halogens is 2. The second kappa shape index (κ2) is 3.71. The van der Waals surface area contributed by atoms with Crippen LogP contribution >= 0.6 is 0 Å². The Labute approximate surface area is 79.9 Å². The van der Waals surface area contributed by atoms with Gasteiger partial charge in [0, 0.05) is 5.56 Å². The normalized spacial score (nSPS) is 11.1. The van der Waals surface area contributed by atoms with E-state index in [4.69, 9.17) is 0 Å². The lowest BCUT2D eigenvalue weighted by Gasteiger charge is -2.14. The molecule has 14 heavy (non-hydrogen) atoms. The van der Waals surface area contributed by atoms with Crippen molar-refractivity contribution in [3.8, 4) is 0 Å². The average molecular weight is 200 g/mol. The predicted molar refractivity (Wildman–Crippen MR) is 47.4 cm³/mol. The highest BCUT2D eigenvalue weighted by molar-refractivity contribution is 5.84. The fourth-order valence-electron chi connectivity index (χ4n) is 1.06. The number of hydrazine groups is 1. The van der Waals surface area contributed by atoms with Crippen LogP contribution in [-0.4, -0.2) is 5.91 Å². The predicted octanol–water partition coefficient (Wildman–Crippen LogP) is 1.08. The third-order valence-corrected chi connectivity index (χ3v) is 1.80. The van der Waals surface area contributed by atoms with Gasteiger partial charge in [-0.2, -0.15) is 8.78 Å². The lowest BCUT2D eigenvalue weighted by atomic mass is 10.1. The Morgan fingerprint density at radius 1 is 1.50 bits per heavy atom. The second-order valence-electron chi connectivity index (χ2n) is 2.92. The first kappa shape index (κ1) is 10.6. The van der Waals surface area contributed by atoms with Crippen molar-refractivity contribution in [1.29, 1.82) is 0 Å². The van der Waals surface area contributed by atoms with E-state index in [0.29, 0.717) is 5.56 Å². The van der Waals surface area contributed by atoms with Crippen molar-refractivity contribution in [2.45, 2.75) is 12.8 Å². The maximum atomic E-state index is 13.2. The molecular weight excluding hydrogens is 190 g/mol. The Morgan fingerprint density at radius 3 is 2.64 bits per heavy atom. The minimum atomic E-state index is -3.58. The molecule has 3 nitrogen and oxygen atoms in total. The first-order chi connectivity index (χ1) is 6.48. The molecule has 0 bridgehead atoms. The van der Waals surface area contributed by atoms with Crippen LogP contribution in [0.3, 0.4) is 0 Å². The number of nitrogens with one attached hydrogen (secondary N) is 1. The van der Waals surface area contributed by atoms with E-state index in [-0.39, 0.29) is 5.56 Å². The summed E-state index contributed by atoms with van der Waals surface area (Å²) in [5.74, 6) is -0.440. The molecule has 0 heterocycles. The van der Waals surface area contributed by atoms with Gasteiger partial charge in [-0.1, -0.05) is 23.8 Å². The van der Waals surface area contributed by atoms with Gasteiger partial charge in [0.2, 0.25) is 0 Å². The van der Waals surface area contributed by atoms with Crippen LogP contribution in [0.25, 0.3) is 0 Å². The number of nitrogens with two attached hydrogens (primary N) is 1. The monoisotopic (exact) mass is 200 g/mol. The summed E-state index contributed by atoms with van der Waals surface area (Å²) in [5, 5.41) is 0. The van der Waals surface area contributed by atoms with E-state index in [0.717, 1.165) is 0 Å². The Morgan fingerprint density at radius 2 is 2.14 bits per heavy atom. The van der Waals surface area contributed by atoms with Gasteiger partial charge in [0.15, 0.2) is 0 Å². The van der Waals surface area contributed by atoms with Gasteiger partial charge in [-0.25, -0.2) is 5.84 Å². The third-order valence-electron chi connectivity index (χ3n) is 1.80. The number of benzene rings is 1. The summed E-state index contributed by atoms with van der Waals surface area (Å²) in [4.78, 5) is 10.8. The minimum Gasteiger partial charge on any atom is -0.289 e. The highest BCUT2D eigenvalue weighted by atomic mass is 19.3. The molecule has 0 saturated carbocycles. The van der Waals surface area contributed by atoms with Crippen LogP contribution in [0.15, 0.2) is 24.3 Å². The van der Waals surface area contributed by atoms with Crippen LogP contribution in [-0.2, 0) is 10.7 Å². The minimum absolute atomic E-state index is 0.361. The molecule has 0 atom stereocenters. The van der Waals surface area contributed by atoms with E-state index in [1.54, 1.807) is 13.0 Å². The van der Waals surface area contributed by atoms with E-state index >= 15 is 0 Å². The quantitative estimate of drug-likeness (QED) is 0.426. The lowest BCUT2D eigenvalue weighted by molar-refractivity contribution is -0.147. The van der Waals surface area contributed by atoms with Crippen molar-refractivity contribution in [1.82, 2.24) is 5.43 Å². The Bertz CT molecular complexity index is 352. The van der Waals surface area contributed by atoms with Crippen molar-refractivity contribution in [3.63, 3.8) is 0 Å². The zero-order valence-electron chi connectivity index (χ0n) is 7.55. The molecule has 0 saturated heterocycles. The van der Waals surface area contributed by atoms with Gasteiger partial charge >= 0.3 is 11.8 Å². The van der Waals surface area contributed by atoms with Gasteiger partial charge in [-0.05, 0) is 13.0 Å². The summed E-state index contributed by atoms with van der Waals surface area (Å²) >= 11 is 0. The van der Waals surface area contributed by atoms with Gasteiger partial charge in [0.05, 0.1) is 0 Å². The summed E-state index contributed by atoms with van der Waals surface area (Å²) in [6, 6.07) is 5.56. The van der Waals surface area contributed by atoms with Crippen LogP contribution < -0.4 is 11.3 Å². The number of amides is 1. The molecule has 3 N–H and O–H groups in total. The van der Waals surface area contributed by atoms with Crippen molar-refractivity contribution in [2.75, 3.05) is 0 Å². The lowest BCUT2D eigenvalue weighted by Crippen LogP contribution is -2.42. The number of rotatable bonds is 2. The topological polar surface area (TPSA) is 55.1 Å². The summed E-state index contributed by atoms with van der Waals surface area (Å²) < 4.78 is 26.5. The van der Waals surface area contributed by atoms with Gasteiger partial charge < -0.3 is 0 Å². The van der Waals surface area contributed by atoms with Crippen molar-refractivity contribution in [3.05, 3.63) is 35.4 Å². The molecule has 0 spiro atoms. The van der Waals surface area contributed by atoms with Crippen LogP contribution in [0.2, 0.25) is 0 Å². The molecule has 0 radical (unpaired) electrons. The SMILES string of the molecule is Cc1cccc(C(F)(F)C(=O)NN)c1. The molecule has 0 aliphatic heterocycles. The molecule has 1 aromatic rings. The fraction of sp³-hybridized carbons (Fsp3) is 0.222. The van der Waals surface area contributed by atoms with Crippen LogP contribution in [0, 0.1) is 6.92 Å². The van der Waals surface area contributed by atoms with Crippen LogP contribution in [0.4, 0.5) is 8.78 Å². The number of carbonyl (C=O) groups excluding carboxylic acids is 1. The van der Waals surface area contributed by atoms with Crippen LogP contribution in [0.5, 0.6) is 0 Å². The standard InChI is InChI=1S/C9H10F2N2O/c1-6-3-2-4-7(5-6)9(10,11)8(14)13-12/h2-5H,12H2,1H3,(H,13,14). The van der Waals surface area contributed by atoms with Gasteiger partial charge in [-0.3, -0.25) is 10.2 Å². The van der Waals surface area contributed by atoms with E-state index in [2.05, 4.69) is 5.84 Å². The molecule has 0 fully saturated rings. The summed E-state index contributed by atoms with van der Waals surface area (Å²) in [7, 11) is 0. The highest BCUT2D eigenvalue weighted by Crippen LogP contribution is 2.28. The Balaban J connectivity index is 3.09. The molecule has 0 aliphatic rings. The van der Waals surface area contributed by atoms with Gasteiger partial charge in [0.1, 0.15) is 0 Å². The summed E-state index contributed by atoms with van der Waals surface area (Å²) in [6.07, 6.45) is 0. The Kier molecular flexibility index (Phi) is 2.81. The van der Waals surface area contributed by atoms with E-state index in [9.17, 15) is 13.6 Å². The maximum Gasteiger partial charge on any atom is 0.351 e. The highest BCUT2D eigenvalue weighted by Gasteiger charge is 2.40. The smallest absolute Gasteiger partial charge is 0.289 e. The van der Waals surface area contributed by atoms with E-state index < -0.39 is 11.8 Å². The van der Waals surface area contributed by atoms with Crippen molar-refractivity contribution < 1.29 is 13.6 Å². The van der Waals surface area contributed by atoms with E-state index in [1.807, 2.05) is 0 Å².